The number of hydrogen-bond acceptors (Lipinski definition) is 1. The first-order valence-electron chi connectivity index (χ1n) is 7.86. The zero-order valence-corrected chi connectivity index (χ0v) is 14.0. The molecular weight excluding hydrogens is 288 g/mol. The fourth-order valence-corrected chi connectivity index (χ4v) is 3.34. The molecule has 0 saturated carbocycles. The van der Waals surface area contributed by atoms with Crippen molar-refractivity contribution in [2.45, 2.75) is 39.2 Å². The third-order valence-corrected chi connectivity index (χ3v) is 4.54. The molecule has 22 heavy (non-hydrogen) atoms. The second kappa shape index (κ2) is 6.49. The van der Waals surface area contributed by atoms with Gasteiger partial charge in [0.05, 0.1) is 6.04 Å². The van der Waals surface area contributed by atoms with Gasteiger partial charge in [0.25, 0.3) is 0 Å². The van der Waals surface area contributed by atoms with Crippen LogP contribution in [0.3, 0.4) is 0 Å². The summed E-state index contributed by atoms with van der Waals surface area (Å²) in [6.07, 6.45) is 3.51. The Hall–Kier alpha value is -1.87. The second-order valence-electron chi connectivity index (χ2n) is 6.06. The Balaban J connectivity index is 1.72. The van der Waals surface area contributed by atoms with E-state index < -0.39 is 0 Å². The number of fused-ring (bicyclic) bond motifs is 1. The maximum absolute atomic E-state index is 5.53. The molecule has 0 amide bonds. The highest BCUT2D eigenvalue weighted by Gasteiger charge is 2.20. The molecule has 114 valence electrons. The summed E-state index contributed by atoms with van der Waals surface area (Å²) in [5, 5.41) is 7.54. The molecule has 0 bridgehead atoms. The van der Waals surface area contributed by atoms with Gasteiger partial charge in [-0.1, -0.05) is 36.4 Å². The fraction of sp³-hybridized carbons (Fsp3) is 0.316. The van der Waals surface area contributed by atoms with Gasteiger partial charge in [-0.2, -0.15) is 0 Å². The van der Waals surface area contributed by atoms with Crippen molar-refractivity contribution in [3.05, 3.63) is 64.7 Å². The van der Waals surface area contributed by atoms with Crippen LogP contribution in [0, 0.1) is 13.8 Å². The molecule has 0 aromatic heterocycles. The maximum Gasteiger partial charge on any atom is 0.171 e. The number of rotatable bonds is 2. The van der Waals surface area contributed by atoms with Crippen LogP contribution in [-0.2, 0) is 6.42 Å². The van der Waals surface area contributed by atoms with E-state index in [4.69, 9.17) is 12.2 Å². The molecular formula is C19H22N2S. The van der Waals surface area contributed by atoms with Crippen molar-refractivity contribution >= 4 is 23.0 Å². The molecule has 0 radical (unpaired) electrons. The monoisotopic (exact) mass is 310 g/mol. The lowest BCUT2D eigenvalue weighted by Crippen LogP contribution is -2.34. The van der Waals surface area contributed by atoms with E-state index in [1.807, 2.05) is 0 Å². The normalized spacial score (nSPS) is 16.7. The average molecular weight is 310 g/mol. The highest BCUT2D eigenvalue weighted by molar-refractivity contribution is 7.80. The minimum atomic E-state index is 0.315. The molecule has 2 aromatic carbocycles. The zero-order valence-electron chi connectivity index (χ0n) is 13.1. The van der Waals surface area contributed by atoms with Crippen molar-refractivity contribution in [3.63, 3.8) is 0 Å². The van der Waals surface area contributed by atoms with Gasteiger partial charge in [0, 0.05) is 5.69 Å². The van der Waals surface area contributed by atoms with Crippen LogP contribution >= 0.6 is 12.2 Å². The minimum Gasteiger partial charge on any atom is -0.356 e. The topological polar surface area (TPSA) is 24.1 Å². The van der Waals surface area contributed by atoms with E-state index in [-0.39, 0.29) is 0 Å². The summed E-state index contributed by atoms with van der Waals surface area (Å²) >= 11 is 5.53. The Morgan fingerprint density at radius 2 is 1.95 bits per heavy atom. The molecule has 0 aliphatic heterocycles. The lowest BCUT2D eigenvalue weighted by Gasteiger charge is -2.27. The van der Waals surface area contributed by atoms with Gasteiger partial charge in [0.1, 0.15) is 0 Å². The summed E-state index contributed by atoms with van der Waals surface area (Å²) in [6, 6.07) is 15.4. The van der Waals surface area contributed by atoms with Crippen molar-refractivity contribution in [2.24, 2.45) is 0 Å². The van der Waals surface area contributed by atoms with Crippen LogP contribution in [0.4, 0.5) is 5.69 Å². The molecule has 0 saturated heterocycles. The summed E-state index contributed by atoms with van der Waals surface area (Å²) in [5.74, 6) is 0. The number of nitrogens with one attached hydrogen (secondary N) is 2. The smallest absolute Gasteiger partial charge is 0.171 e. The van der Waals surface area contributed by atoms with E-state index in [1.54, 1.807) is 0 Å². The van der Waals surface area contributed by atoms with E-state index in [2.05, 4.69) is 66.9 Å². The Labute approximate surface area is 137 Å². The van der Waals surface area contributed by atoms with Crippen molar-refractivity contribution in [1.82, 2.24) is 5.32 Å². The molecule has 1 aliphatic rings. The zero-order chi connectivity index (χ0) is 15.5. The van der Waals surface area contributed by atoms with Gasteiger partial charge in [-0.15, -0.1) is 0 Å². The molecule has 1 aliphatic carbocycles. The van der Waals surface area contributed by atoms with E-state index in [1.165, 1.54) is 35.1 Å². The first-order valence-corrected chi connectivity index (χ1v) is 8.27. The van der Waals surface area contributed by atoms with Crippen molar-refractivity contribution in [2.75, 3.05) is 5.32 Å². The number of benzene rings is 2. The predicted molar refractivity (Wildman–Crippen MR) is 97.4 cm³/mol. The summed E-state index contributed by atoms with van der Waals surface area (Å²) in [6.45, 7) is 4.19. The van der Waals surface area contributed by atoms with E-state index in [0.29, 0.717) is 11.2 Å². The van der Waals surface area contributed by atoms with Crippen molar-refractivity contribution in [1.29, 1.82) is 0 Å². The predicted octanol–water partition coefficient (Wildman–Crippen LogP) is 4.67. The molecule has 0 spiro atoms. The molecule has 2 nitrogen and oxygen atoms in total. The molecule has 2 aromatic rings. The highest BCUT2D eigenvalue weighted by atomic mass is 32.1. The Morgan fingerprint density at radius 3 is 2.82 bits per heavy atom. The van der Waals surface area contributed by atoms with Crippen molar-refractivity contribution in [3.8, 4) is 0 Å². The van der Waals surface area contributed by atoms with Crippen LogP contribution in [0.1, 0.15) is 41.1 Å². The van der Waals surface area contributed by atoms with E-state index in [9.17, 15) is 0 Å². The summed E-state index contributed by atoms with van der Waals surface area (Å²) in [4.78, 5) is 0. The first-order chi connectivity index (χ1) is 10.6. The Bertz CT molecular complexity index is 694. The van der Waals surface area contributed by atoms with E-state index in [0.717, 1.165) is 12.1 Å². The fourth-order valence-electron chi connectivity index (χ4n) is 3.09. The lowest BCUT2D eigenvalue weighted by molar-refractivity contribution is 0.529. The third kappa shape index (κ3) is 3.30. The van der Waals surface area contributed by atoms with Gasteiger partial charge in [-0.25, -0.2) is 0 Å². The van der Waals surface area contributed by atoms with Crippen LogP contribution < -0.4 is 10.6 Å². The lowest BCUT2D eigenvalue weighted by atomic mass is 9.88. The van der Waals surface area contributed by atoms with Crippen LogP contribution in [-0.4, -0.2) is 5.11 Å². The van der Waals surface area contributed by atoms with Crippen LogP contribution in [0.2, 0.25) is 0 Å². The van der Waals surface area contributed by atoms with E-state index >= 15 is 0 Å². The number of aryl methyl sites for hydroxylation is 3. The van der Waals surface area contributed by atoms with Gasteiger partial charge in [-0.3, -0.25) is 0 Å². The van der Waals surface area contributed by atoms with Crippen LogP contribution in [0.5, 0.6) is 0 Å². The van der Waals surface area contributed by atoms with Gasteiger partial charge in [0.15, 0.2) is 5.11 Å². The van der Waals surface area contributed by atoms with Gasteiger partial charge < -0.3 is 10.6 Å². The number of hydrogen-bond donors (Lipinski definition) is 2. The quantitative estimate of drug-likeness (QED) is 0.788. The third-order valence-electron chi connectivity index (χ3n) is 4.32. The molecule has 3 heteroatoms. The van der Waals surface area contributed by atoms with Gasteiger partial charge in [-0.05, 0) is 73.6 Å². The highest BCUT2D eigenvalue weighted by Crippen LogP contribution is 2.29. The Kier molecular flexibility index (Phi) is 4.44. The minimum absolute atomic E-state index is 0.315. The molecule has 0 heterocycles. The number of anilines is 1. The van der Waals surface area contributed by atoms with Crippen LogP contribution in [0.15, 0.2) is 42.5 Å². The average Bonchev–Trinajstić information content (AvgIpc) is 2.51. The number of thiocarbonyl (C=S) groups is 1. The summed E-state index contributed by atoms with van der Waals surface area (Å²) in [5.41, 5.74) is 6.36. The molecule has 1 atom stereocenters. The summed E-state index contributed by atoms with van der Waals surface area (Å²) < 4.78 is 0. The molecule has 3 rings (SSSR count). The molecule has 2 N–H and O–H groups in total. The van der Waals surface area contributed by atoms with Gasteiger partial charge >= 0.3 is 0 Å². The second-order valence-corrected chi connectivity index (χ2v) is 6.47. The van der Waals surface area contributed by atoms with Crippen molar-refractivity contribution < 1.29 is 0 Å². The van der Waals surface area contributed by atoms with Crippen LogP contribution in [0.25, 0.3) is 0 Å². The molecule has 0 unspecified atom stereocenters. The maximum atomic E-state index is 5.53. The van der Waals surface area contributed by atoms with Gasteiger partial charge in [0.2, 0.25) is 0 Å². The standard InChI is InChI=1S/C19H22N2S/c1-13-10-11-14(2)18(12-13)21-19(22)20-17-9-5-7-15-6-3-4-8-16(15)17/h3-4,6,8,10-12,17H,5,7,9H2,1-2H3,(H2,20,21,22)/t17-/m0/s1. The first kappa shape index (κ1) is 15.0. The summed E-state index contributed by atoms with van der Waals surface area (Å²) in [7, 11) is 0. The molecule has 0 fully saturated rings. The SMILES string of the molecule is Cc1ccc(C)c(NC(=S)N[C@H]2CCCc3ccccc32)c1. The largest absolute Gasteiger partial charge is 0.356 e. The Morgan fingerprint density at radius 1 is 1.14 bits per heavy atom.